The molecule has 0 aliphatic carbocycles. The molecule has 0 spiro atoms. The molecule has 23 heavy (non-hydrogen) atoms. The molecule has 0 aliphatic rings. The highest BCUT2D eigenvalue weighted by molar-refractivity contribution is 6.04. The van der Waals surface area contributed by atoms with Gasteiger partial charge < -0.3 is 15.0 Å². The zero-order chi connectivity index (χ0) is 17.2. The molecule has 0 aliphatic heterocycles. The number of carbonyl (C=O) groups is 1. The van der Waals surface area contributed by atoms with E-state index in [1.807, 2.05) is 30.3 Å². The van der Waals surface area contributed by atoms with Crippen molar-refractivity contribution in [1.82, 2.24) is 5.32 Å². The minimum absolute atomic E-state index is 0.136. The van der Waals surface area contributed by atoms with E-state index in [2.05, 4.69) is 24.1 Å². The number of nitrogens with one attached hydrogen (secondary N) is 1. The molecule has 5 heteroatoms. The fourth-order valence-corrected chi connectivity index (χ4v) is 2.32. The first-order chi connectivity index (χ1) is 11.1. The number of methoxy groups -OCH3 is 1. The Labute approximate surface area is 138 Å². The van der Waals surface area contributed by atoms with Crippen LogP contribution in [0.25, 0.3) is 5.57 Å². The van der Waals surface area contributed by atoms with Gasteiger partial charge in [0.05, 0.1) is 6.61 Å². The molecule has 0 bridgehead atoms. The van der Waals surface area contributed by atoms with Crippen LogP contribution in [0.2, 0.25) is 0 Å². The molecule has 0 saturated carbocycles. The summed E-state index contributed by atoms with van der Waals surface area (Å²) in [6.07, 6.45) is 0. The van der Waals surface area contributed by atoms with E-state index in [4.69, 9.17) is 4.74 Å². The van der Waals surface area contributed by atoms with Crippen molar-refractivity contribution in [2.24, 2.45) is 0 Å². The van der Waals surface area contributed by atoms with Crippen molar-refractivity contribution in [1.29, 1.82) is 5.26 Å². The topological polar surface area (TPSA) is 65.4 Å². The van der Waals surface area contributed by atoms with Crippen molar-refractivity contribution >= 4 is 17.2 Å². The number of hydrogen-bond donors (Lipinski definition) is 1. The number of anilines is 1. The highest BCUT2D eigenvalue weighted by Gasteiger charge is 2.13. The van der Waals surface area contributed by atoms with Gasteiger partial charge in [0.25, 0.3) is 5.91 Å². The van der Waals surface area contributed by atoms with Gasteiger partial charge in [-0.05, 0) is 44.0 Å². The average molecular weight is 315 g/mol. The van der Waals surface area contributed by atoms with Crippen LogP contribution >= 0.6 is 0 Å². The SMILES string of the molecule is CCN(CC)c1ccc(/C(C)=C(\C#N)C(=O)NCCOC)cc1. The maximum absolute atomic E-state index is 12.1. The lowest BCUT2D eigenvalue weighted by atomic mass is 10.0. The van der Waals surface area contributed by atoms with Gasteiger partial charge in [-0.3, -0.25) is 4.79 Å². The van der Waals surface area contributed by atoms with Crippen molar-refractivity contribution in [3.63, 3.8) is 0 Å². The van der Waals surface area contributed by atoms with Crippen molar-refractivity contribution in [2.75, 3.05) is 38.3 Å². The van der Waals surface area contributed by atoms with Gasteiger partial charge in [-0.1, -0.05) is 12.1 Å². The van der Waals surface area contributed by atoms with E-state index in [-0.39, 0.29) is 11.5 Å². The molecule has 0 atom stereocenters. The van der Waals surface area contributed by atoms with Crippen LogP contribution in [0.15, 0.2) is 29.8 Å². The van der Waals surface area contributed by atoms with Crippen molar-refractivity contribution in [2.45, 2.75) is 20.8 Å². The molecule has 0 heterocycles. The zero-order valence-corrected chi connectivity index (χ0v) is 14.3. The molecule has 0 fully saturated rings. The second-order valence-corrected chi connectivity index (χ2v) is 5.08. The van der Waals surface area contributed by atoms with Gasteiger partial charge >= 0.3 is 0 Å². The minimum Gasteiger partial charge on any atom is -0.383 e. The first-order valence-electron chi connectivity index (χ1n) is 7.82. The van der Waals surface area contributed by atoms with E-state index >= 15 is 0 Å². The van der Waals surface area contributed by atoms with E-state index in [9.17, 15) is 10.1 Å². The normalized spacial score (nSPS) is 11.4. The number of allylic oxidation sites excluding steroid dienone is 1. The van der Waals surface area contributed by atoms with Crippen molar-refractivity contribution < 1.29 is 9.53 Å². The monoisotopic (exact) mass is 315 g/mol. The maximum Gasteiger partial charge on any atom is 0.262 e. The van der Waals surface area contributed by atoms with E-state index < -0.39 is 0 Å². The third-order valence-electron chi connectivity index (χ3n) is 3.73. The van der Waals surface area contributed by atoms with E-state index in [0.29, 0.717) is 18.7 Å². The predicted octanol–water partition coefficient (Wildman–Crippen LogP) is 2.59. The molecule has 0 radical (unpaired) electrons. The van der Waals surface area contributed by atoms with Crippen LogP contribution in [0.4, 0.5) is 5.69 Å². The summed E-state index contributed by atoms with van der Waals surface area (Å²) in [5.41, 5.74) is 2.82. The van der Waals surface area contributed by atoms with Crippen LogP contribution in [-0.2, 0) is 9.53 Å². The van der Waals surface area contributed by atoms with Crippen LogP contribution in [0.5, 0.6) is 0 Å². The van der Waals surface area contributed by atoms with E-state index in [1.165, 1.54) is 0 Å². The number of amides is 1. The number of benzene rings is 1. The molecule has 0 unspecified atom stereocenters. The lowest BCUT2D eigenvalue weighted by molar-refractivity contribution is -0.117. The summed E-state index contributed by atoms with van der Waals surface area (Å²) in [7, 11) is 1.57. The van der Waals surface area contributed by atoms with Gasteiger partial charge in [-0.25, -0.2) is 0 Å². The van der Waals surface area contributed by atoms with E-state index in [0.717, 1.165) is 24.3 Å². The lowest BCUT2D eigenvalue weighted by Crippen LogP contribution is -2.28. The van der Waals surface area contributed by atoms with Gasteiger partial charge in [-0.15, -0.1) is 0 Å². The largest absolute Gasteiger partial charge is 0.383 e. The first-order valence-corrected chi connectivity index (χ1v) is 7.82. The fraction of sp³-hybridized carbons (Fsp3) is 0.444. The Balaban J connectivity index is 2.98. The standard InChI is InChI=1S/C18H25N3O2/c1-5-21(6-2)16-9-7-15(8-10-16)14(3)17(13-19)18(22)20-11-12-23-4/h7-10H,5-6,11-12H2,1-4H3,(H,20,22)/b17-14+. The number of ether oxygens (including phenoxy) is 1. The first kappa shape index (κ1) is 18.7. The van der Waals surface area contributed by atoms with Crippen LogP contribution in [0.3, 0.4) is 0 Å². The number of rotatable bonds is 8. The van der Waals surface area contributed by atoms with Gasteiger partial charge in [-0.2, -0.15) is 5.26 Å². The molecular weight excluding hydrogens is 290 g/mol. The quantitative estimate of drug-likeness (QED) is 0.455. The van der Waals surface area contributed by atoms with Crippen LogP contribution in [0.1, 0.15) is 26.3 Å². The summed E-state index contributed by atoms with van der Waals surface area (Å²) in [5.74, 6) is -0.366. The van der Waals surface area contributed by atoms with Crippen molar-refractivity contribution in [3.8, 4) is 6.07 Å². The number of hydrogen-bond acceptors (Lipinski definition) is 4. The second kappa shape index (κ2) is 9.65. The highest BCUT2D eigenvalue weighted by atomic mass is 16.5. The number of nitrogens with zero attached hydrogens (tertiary/aromatic N) is 2. The molecule has 1 aromatic rings. The maximum atomic E-state index is 12.1. The second-order valence-electron chi connectivity index (χ2n) is 5.08. The summed E-state index contributed by atoms with van der Waals surface area (Å²) in [4.78, 5) is 14.3. The Hall–Kier alpha value is -2.32. The summed E-state index contributed by atoms with van der Waals surface area (Å²) in [5, 5.41) is 12.0. The summed E-state index contributed by atoms with van der Waals surface area (Å²) in [6, 6.07) is 9.93. The van der Waals surface area contributed by atoms with Crippen LogP contribution < -0.4 is 10.2 Å². The Morgan fingerprint density at radius 2 is 1.87 bits per heavy atom. The van der Waals surface area contributed by atoms with Gasteiger partial charge in [0.1, 0.15) is 11.6 Å². The predicted molar refractivity (Wildman–Crippen MR) is 93.1 cm³/mol. The molecule has 0 saturated heterocycles. The number of carbonyl (C=O) groups excluding carboxylic acids is 1. The molecule has 1 rings (SSSR count). The Bertz CT molecular complexity index is 581. The Kier molecular flexibility index (Phi) is 7.86. The van der Waals surface area contributed by atoms with Gasteiger partial charge in [0, 0.05) is 32.4 Å². The molecule has 0 aromatic heterocycles. The third kappa shape index (κ3) is 5.11. The Morgan fingerprint density at radius 1 is 1.26 bits per heavy atom. The average Bonchev–Trinajstić information content (AvgIpc) is 2.57. The molecule has 1 amide bonds. The summed E-state index contributed by atoms with van der Waals surface area (Å²) < 4.78 is 4.89. The smallest absolute Gasteiger partial charge is 0.262 e. The van der Waals surface area contributed by atoms with Gasteiger partial charge in [0.2, 0.25) is 0 Å². The molecular formula is C18H25N3O2. The van der Waals surface area contributed by atoms with Gasteiger partial charge in [0.15, 0.2) is 0 Å². The van der Waals surface area contributed by atoms with Crippen molar-refractivity contribution in [3.05, 3.63) is 35.4 Å². The number of nitriles is 1. The van der Waals surface area contributed by atoms with E-state index in [1.54, 1.807) is 14.0 Å². The fourth-order valence-electron chi connectivity index (χ4n) is 2.32. The summed E-state index contributed by atoms with van der Waals surface area (Å²) >= 11 is 0. The minimum atomic E-state index is -0.366. The Morgan fingerprint density at radius 3 is 2.35 bits per heavy atom. The molecule has 124 valence electrons. The third-order valence-corrected chi connectivity index (χ3v) is 3.73. The zero-order valence-electron chi connectivity index (χ0n) is 14.3. The molecule has 1 aromatic carbocycles. The lowest BCUT2D eigenvalue weighted by Gasteiger charge is -2.21. The van der Waals surface area contributed by atoms with Crippen LogP contribution in [-0.4, -0.2) is 39.3 Å². The molecule has 5 nitrogen and oxygen atoms in total. The highest BCUT2D eigenvalue weighted by Crippen LogP contribution is 2.22. The van der Waals surface area contributed by atoms with Crippen LogP contribution in [0, 0.1) is 11.3 Å². The summed E-state index contributed by atoms with van der Waals surface area (Å²) in [6.45, 7) is 8.70. The molecule has 1 N–H and O–H groups in total.